The van der Waals surface area contributed by atoms with E-state index in [0.717, 1.165) is 0 Å². The van der Waals surface area contributed by atoms with Crippen LogP contribution in [0.1, 0.15) is 61.8 Å². The van der Waals surface area contributed by atoms with Gasteiger partial charge in [-0.1, -0.05) is 57.2 Å². The van der Waals surface area contributed by atoms with E-state index in [9.17, 15) is 29.4 Å². The average molecular weight is 629 g/mol. The molecule has 242 valence electrons. The van der Waals surface area contributed by atoms with E-state index < -0.39 is 53.6 Å². The third-order valence-electron chi connectivity index (χ3n) is 11.0. The number of ether oxygens (including phenoxy) is 2. The Bertz CT molecular complexity index is 1710. The molecule has 4 aliphatic carbocycles. The van der Waals surface area contributed by atoms with E-state index in [1.165, 1.54) is 13.0 Å². The summed E-state index contributed by atoms with van der Waals surface area (Å²) in [4.78, 5) is 53.3. The Labute approximate surface area is 267 Å². The van der Waals surface area contributed by atoms with Gasteiger partial charge in [0.05, 0.1) is 22.2 Å². The molecule has 5 N–H and O–H groups in total. The molecule has 1 amide bonds. The van der Waals surface area contributed by atoms with Crippen LogP contribution < -0.4 is 11.1 Å². The summed E-state index contributed by atoms with van der Waals surface area (Å²) in [5.41, 5.74) is 3.45. The Kier molecular flexibility index (Phi) is 7.52. The van der Waals surface area contributed by atoms with Crippen molar-refractivity contribution in [3.8, 4) is 0 Å². The van der Waals surface area contributed by atoms with E-state index in [0.29, 0.717) is 12.0 Å². The molecule has 1 spiro atoms. The van der Waals surface area contributed by atoms with Gasteiger partial charge < -0.3 is 30.7 Å². The van der Waals surface area contributed by atoms with Crippen LogP contribution in [-0.4, -0.2) is 58.3 Å². The predicted molar refractivity (Wildman–Crippen MR) is 169 cm³/mol. The van der Waals surface area contributed by atoms with Crippen molar-refractivity contribution in [2.24, 2.45) is 34.5 Å². The highest BCUT2D eigenvalue weighted by molar-refractivity contribution is 6.10. The molecule has 2 aromatic carbocycles. The number of esters is 2. The third-order valence-corrected chi connectivity index (χ3v) is 11.0. The topological polar surface area (TPSA) is 165 Å². The van der Waals surface area contributed by atoms with Crippen molar-refractivity contribution in [1.82, 2.24) is 0 Å². The molecule has 10 heteroatoms. The standard InChI is InChI=1S/C36H40N2O8/c1-18-16-35-19(2)14-25-28(34(25,4)5)24(30(35)41)15-21(29(40)36(35,44)31(18)46-20(3)39)17-45-33(43)23-11-7-9-13-27(23)38-32(42)22-10-6-8-12-26(22)37/h6-13,15-16,19,24-25,28-29,31,40,44H,14,17,37H2,1-5H3,(H,38,42)/t19-,24?,25-,28+,29-,31+,35+,36+/m1/s1. The van der Waals surface area contributed by atoms with Gasteiger partial charge in [-0.2, -0.15) is 0 Å². The van der Waals surface area contributed by atoms with Gasteiger partial charge in [0.25, 0.3) is 5.91 Å². The maximum Gasteiger partial charge on any atom is 0.340 e. The predicted octanol–water partition coefficient (Wildman–Crippen LogP) is 4.09. The number of nitrogens with two attached hydrogens (primary N) is 1. The molecule has 0 saturated heterocycles. The Balaban J connectivity index is 1.34. The lowest BCUT2D eigenvalue weighted by Gasteiger charge is -2.48. The van der Waals surface area contributed by atoms with E-state index in [4.69, 9.17) is 15.2 Å². The molecule has 10 nitrogen and oxygen atoms in total. The highest BCUT2D eigenvalue weighted by Crippen LogP contribution is 2.71. The van der Waals surface area contributed by atoms with Crippen LogP contribution >= 0.6 is 0 Å². The lowest BCUT2D eigenvalue weighted by Crippen LogP contribution is -2.65. The normalized spacial score (nSPS) is 33.7. The van der Waals surface area contributed by atoms with Gasteiger partial charge in [0, 0.05) is 18.5 Å². The second-order valence-electron chi connectivity index (χ2n) is 13.9. The van der Waals surface area contributed by atoms with Gasteiger partial charge >= 0.3 is 11.9 Å². The van der Waals surface area contributed by atoms with Gasteiger partial charge in [0.1, 0.15) is 12.7 Å². The van der Waals surface area contributed by atoms with Gasteiger partial charge in [-0.3, -0.25) is 14.4 Å². The zero-order valence-electron chi connectivity index (χ0n) is 26.6. The molecule has 1 unspecified atom stereocenters. The number of ketones is 1. The summed E-state index contributed by atoms with van der Waals surface area (Å²) in [5.74, 6) is -3.08. The van der Waals surface area contributed by atoms with Crippen molar-refractivity contribution in [1.29, 1.82) is 0 Å². The number of nitrogens with one attached hydrogen (secondary N) is 1. The van der Waals surface area contributed by atoms with Gasteiger partial charge in [-0.15, -0.1) is 0 Å². The molecule has 8 atom stereocenters. The third kappa shape index (κ3) is 4.52. The zero-order chi connectivity index (χ0) is 33.3. The van der Waals surface area contributed by atoms with Gasteiger partial charge in [-0.25, -0.2) is 4.79 Å². The van der Waals surface area contributed by atoms with Crippen molar-refractivity contribution in [2.75, 3.05) is 17.7 Å². The number of carbonyl (C=O) groups is 4. The highest BCUT2D eigenvalue weighted by Gasteiger charge is 2.76. The number of aliphatic hydroxyl groups excluding tert-OH is 1. The molecule has 2 fully saturated rings. The average Bonchev–Trinajstić information content (AvgIpc) is 3.50. The van der Waals surface area contributed by atoms with E-state index in [-0.39, 0.29) is 57.0 Å². The van der Waals surface area contributed by atoms with E-state index >= 15 is 0 Å². The van der Waals surface area contributed by atoms with Gasteiger partial charge in [0.2, 0.25) is 0 Å². The Morgan fingerprint density at radius 1 is 1.07 bits per heavy atom. The molecule has 0 radical (unpaired) electrons. The van der Waals surface area contributed by atoms with Crippen LogP contribution in [0.3, 0.4) is 0 Å². The van der Waals surface area contributed by atoms with Crippen molar-refractivity contribution in [3.05, 3.63) is 83.0 Å². The highest BCUT2D eigenvalue weighted by atomic mass is 16.6. The molecule has 0 aromatic heterocycles. The summed E-state index contributed by atoms with van der Waals surface area (Å²) >= 11 is 0. The zero-order valence-corrected chi connectivity index (χ0v) is 26.6. The van der Waals surface area contributed by atoms with Crippen LogP contribution in [0.2, 0.25) is 0 Å². The number of carbonyl (C=O) groups excluding carboxylic acids is 4. The van der Waals surface area contributed by atoms with Crippen molar-refractivity contribution in [3.63, 3.8) is 0 Å². The molecular formula is C36H40N2O8. The maximum absolute atomic E-state index is 14.6. The fourth-order valence-corrected chi connectivity index (χ4v) is 8.64. The van der Waals surface area contributed by atoms with Crippen molar-refractivity contribution < 1.29 is 38.9 Å². The number of Topliss-reactive ketones (excluding diaryl/α,β-unsaturated/α-hetero) is 1. The summed E-state index contributed by atoms with van der Waals surface area (Å²) < 4.78 is 11.3. The Morgan fingerprint density at radius 2 is 1.72 bits per heavy atom. The number of hydrogen-bond donors (Lipinski definition) is 4. The molecule has 0 heterocycles. The molecular weight excluding hydrogens is 588 g/mol. The monoisotopic (exact) mass is 628 g/mol. The van der Waals surface area contributed by atoms with Gasteiger partial charge in [0.15, 0.2) is 17.5 Å². The van der Waals surface area contributed by atoms with E-state index in [1.54, 1.807) is 61.5 Å². The van der Waals surface area contributed by atoms with Crippen LogP contribution in [0.15, 0.2) is 71.8 Å². The summed E-state index contributed by atoms with van der Waals surface area (Å²) in [7, 11) is 0. The molecule has 2 aromatic rings. The Morgan fingerprint density at radius 3 is 2.39 bits per heavy atom. The first-order chi connectivity index (χ1) is 21.7. The van der Waals surface area contributed by atoms with Crippen LogP contribution in [0.25, 0.3) is 0 Å². The fourth-order valence-electron chi connectivity index (χ4n) is 8.64. The molecule has 0 aliphatic heterocycles. The summed E-state index contributed by atoms with van der Waals surface area (Å²) in [5, 5.41) is 27.4. The number of rotatable bonds is 6. The number of benzene rings is 2. The lowest BCUT2D eigenvalue weighted by atomic mass is 9.59. The number of fused-ring (bicyclic) bond motifs is 3. The first-order valence-corrected chi connectivity index (χ1v) is 15.6. The number of para-hydroxylation sites is 2. The molecule has 46 heavy (non-hydrogen) atoms. The van der Waals surface area contributed by atoms with Crippen LogP contribution in [0.4, 0.5) is 11.4 Å². The second-order valence-corrected chi connectivity index (χ2v) is 13.9. The first kappa shape index (κ1) is 31.7. The van der Waals surface area contributed by atoms with E-state index in [2.05, 4.69) is 19.2 Å². The quantitative estimate of drug-likeness (QED) is 0.210. The smallest absolute Gasteiger partial charge is 0.340 e. The fraction of sp³-hybridized carbons (Fsp3) is 0.444. The van der Waals surface area contributed by atoms with E-state index in [1.807, 2.05) is 6.92 Å². The second kappa shape index (κ2) is 10.9. The lowest BCUT2D eigenvalue weighted by molar-refractivity contribution is -0.202. The number of allylic oxidation sites excluding steroid dienone is 1. The van der Waals surface area contributed by atoms with Crippen LogP contribution in [0.5, 0.6) is 0 Å². The minimum atomic E-state index is -2.23. The number of hydrogen-bond acceptors (Lipinski definition) is 9. The summed E-state index contributed by atoms with van der Waals surface area (Å²) in [6.45, 7) is 8.59. The minimum Gasteiger partial charge on any atom is -0.457 e. The van der Waals surface area contributed by atoms with Gasteiger partial charge in [-0.05, 0) is 71.9 Å². The van der Waals surface area contributed by atoms with Crippen LogP contribution in [-0.2, 0) is 19.1 Å². The molecule has 2 saturated carbocycles. The van der Waals surface area contributed by atoms with Crippen LogP contribution in [0, 0.1) is 34.5 Å². The summed E-state index contributed by atoms with van der Waals surface area (Å²) in [6, 6.07) is 12.9. The molecule has 6 rings (SSSR count). The largest absolute Gasteiger partial charge is 0.457 e. The van der Waals surface area contributed by atoms with Crippen molar-refractivity contribution in [2.45, 2.75) is 58.8 Å². The number of anilines is 2. The molecule has 2 bridgehead atoms. The maximum atomic E-state index is 14.6. The Hall–Kier alpha value is -4.28. The number of amides is 1. The SMILES string of the molecule is CC(=O)O[C@H]1C(C)=C[C@]23C(=O)C(C=C(COC(=O)c4ccccc4NC(=O)c4ccccc4N)[C@@H](O)[C@]12O)[C@H]1[C@@H](C[C@H]3C)C1(C)C. The first-order valence-electron chi connectivity index (χ1n) is 15.6. The van der Waals surface area contributed by atoms with Crippen molar-refractivity contribution >= 4 is 35.0 Å². The minimum absolute atomic E-state index is 0.0371. The number of nitrogen functional groups attached to an aromatic ring is 1. The number of aliphatic hydroxyl groups is 2. The summed E-state index contributed by atoms with van der Waals surface area (Å²) in [6.07, 6.45) is 1.02. The molecule has 4 aliphatic rings.